The summed E-state index contributed by atoms with van der Waals surface area (Å²) in [6, 6.07) is 0.551. The van der Waals surface area contributed by atoms with Crippen molar-refractivity contribution in [1.82, 2.24) is 10.2 Å². The van der Waals surface area contributed by atoms with Crippen LogP contribution in [0.4, 0.5) is 0 Å². The second-order valence-corrected chi connectivity index (χ2v) is 6.56. The highest BCUT2D eigenvalue weighted by Gasteiger charge is 2.37. The standard InChI is InChI=1S/C16H28N2O2/c19-16(8-12-20-14-5-9-17-10-6-14)18-11-7-13-3-1-2-4-15(13)18/h13-15,17H,1-12H2. The van der Waals surface area contributed by atoms with Gasteiger partial charge < -0.3 is 15.0 Å². The predicted octanol–water partition coefficient (Wildman–Crippen LogP) is 1.94. The van der Waals surface area contributed by atoms with Crippen LogP contribution in [0, 0.1) is 5.92 Å². The van der Waals surface area contributed by atoms with Crippen molar-refractivity contribution >= 4 is 5.91 Å². The van der Waals surface area contributed by atoms with E-state index in [0.29, 0.717) is 31.1 Å². The lowest BCUT2D eigenvalue weighted by atomic mass is 9.85. The Morgan fingerprint density at radius 3 is 2.75 bits per heavy atom. The summed E-state index contributed by atoms with van der Waals surface area (Å²) in [5, 5.41) is 3.33. The molecule has 0 aromatic rings. The number of likely N-dealkylation sites (tertiary alicyclic amines) is 1. The zero-order valence-corrected chi connectivity index (χ0v) is 12.5. The Labute approximate surface area is 122 Å². The van der Waals surface area contributed by atoms with Gasteiger partial charge in [-0.1, -0.05) is 12.8 Å². The lowest BCUT2D eigenvalue weighted by molar-refractivity contribution is -0.134. The van der Waals surface area contributed by atoms with E-state index in [1.165, 1.54) is 32.1 Å². The normalized spacial score (nSPS) is 31.3. The number of piperidine rings is 1. The van der Waals surface area contributed by atoms with Crippen molar-refractivity contribution in [2.75, 3.05) is 26.2 Å². The van der Waals surface area contributed by atoms with Gasteiger partial charge in [0.2, 0.25) is 5.91 Å². The minimum Gasteiger partial charge on any atom is -0.378 e. The molecule has 2 aliphatic heterocycles. The molecule has 3 aliphatic rings. The number of carbonyl (C=O) groups is 1. The van der Waals surface area contributed by atoms with Crippen LogP contribution < -0.4 is 5.32 Å². The number of nitrogens with zero attached hydrogens (tertiary/aromatic N) is 1. The summed E-state index contributed by atoms with van der Waals surface area (Å²) >= 11 is 0. The maximum absolute atomic E-state index is 12.4. The smallest absolute Gasteiger partial charge is 0.225 e. The highest BCUT2D eigenvalue weighted by atomic mass is 16.5. The third-order valence-corrected chi connectivity index (χ3v) is 5.29. The Kier molecular flexibility index (Phi) is 4.94. The van der Waals surface area contributed by atoms with E-state index in [9.17, 15) is 4.79 Å². The molecule has 3 fully saturated rings. The lowest BCUT2D eigenvalue weighted by Crippen LogP contribution is -2.40. The van der Waals surface area contributed by atoms with Crippen molar-refractivity contribution in [3.05, 3.63) is 0 Å². The monoisotopic (exact) mass is 280 g/mol. The van der Waals surface area contributed by atoms with Crippen molar-refractivity contribution in [3.63, 3.8) is 0 Å². The first-order chi connectivity index (χ1) is 9.84. The fourth-order valence-corrected chi connectivity index (χ4v) is 4.13. The Bertz CT molecular complexity index is 328. The molecule has 0 spiro atoms. The van der Waals surface area contributed by atoms with Gasteiger partial charge in [-0.15, -0.1) is 0 Å². The van der Waals surface area contributed by atoms with Crippen molar-refractivity contribution in [2.45, 2.75) is 63.5 Å². The van der Waals surface area contributed by atoms with E-state index in [0.717, 1.165) is 38.4 Å². The maximum atomic E-state index is 12.4. The van der Waals surface area contributed by atoms with Gasteiger partial charge in [0.25, 0.3) is 0 Å². The molecule has 1 N–H and O–H groups in total. The van der Waals surface area contributed by atoms with Crippen LogP contribution in [0.1, 0.15) is 51.4 Å². The van der Waals surface area contributed by atoms with Crippen molar-refractivity contribution in [1.29, 1.82) is 0 Å². The van der Waals surface area contributed by atoms with E-state index in [2.05, 4.69) is 10.2 Å². The number of hydrogen-bond acceptors (Lipinski definition) is 3. The average molecular weight is 280 g/mol. The third-order valence-electron chi connectivity index (χ3n) is 5.29. The summed E-state index contributed by atoms with van der Waals surface area (Å²) in [5.74, 6) is 1.12. The highest BCUT2D eigenvalue weighted by Crippen LogP contribution is 2.36. The van der Waals surface area contributed by atoms with Crippen molar-refractivity contribution in [2.24, 2.45) is 5.92 Å². The topological polar surface area (TPSA) is 41.6 Å². The van der Waals surface area contributed by atoms with Crippen molar-refractivity contribution < 1.29 is 9.53 Å². The lowest BCUT2D eigenvalue weighted by Gasteiger charge is -2.32. The predicted molar refractivity (Wildman–Crippen MR) is 78.5 cm³/mol. The van der Waals surface area contributed by atoms with E-state index >= 15 is 0 Å². The van der Waals surface area contributed by atoms with E-state index < -0.39 is 0 Å². The Morgan fingerprint density at radius 2 is 1.90 bits per heavy atom. The Balaban J connectivity index is 1.40. The Morgan fingerprint density at radius 1 is 1.10 bits per heavy atom. The van der Waals surface area contributed by atoms with E-state index in [4.69, 9.17) is 4.74 Å². The minimum absolute atomic E-state index is 0.327. The van der Waals surface area contributed by atoms with Gasteiger partial charge >= 0.3 is 0 Å². The molecule has 2 heterocycles. The highest BCUT2D eigenvalue weighted by molar-refractivity contribution is 5.77. The minimum atomic E-state index is 0.327. The molecule has 2 saturated heterocycles. The van der Waals surface area contributed by atoms with Gasteiger partial charge in [0.1, 0.15) is 0 Å². The number of ether oxygens (including phenoxy) is 1. The summed E-state index contributed by atoms with van der Waals surface area (Å²) < 4.78 is 5.86. The van der Waals surface area contributed by atoms with Gasteiger partial charge in [-0.25, -0.2) is 0 Å². The average Bonchev–Trinajstić information content (AvgIpc) is 2.92. The van der Waals surface area contributed by atoms with Crippen LogP contribution in [0.2, 0.25) is 0 Å². The summed E-state index contributed by atoms with van der Waals surface area (Å²) in [6.45, 7) is 3.70. The first kappa shape index (κ1) is 14.3. The summed E-state index contributed by atoms with van der Waals surface area (Å²) in [4.78, 5) is 14.5. The second kappa shape index (κ2) is 6.90. The van der Waals surface area contributed by atoms with Crippen LogP contribution in [-0.4, -0.2) is 49.2 Å². The van der Waals surface area contributed by atoms with Crippen LogP contribution >= 0.6 is 0 Å². The van der Waals surface area contributed by atoms with Gasteiger partial charge in [0.15, 0.2) is 0 Å². The number of hydrogen-bond donors (Lipinski definition) is 1. The summed E-state index contributed by atoms with van der Waals surface area (Å²) in [7, 11) is 0. The van der Waals surface area contributed by atoms with Crippen LogP contribution in [-0.2, 0) is 9.53 Å². The molecule has 0 aromatic heterocycles. The zero-order chi connectivity index (χ0) is 13.8. The molecule has 0 bridgehead atoms. The fraction of sp³-hybridized carbons (Fsp3) is 0.938. The molecule has 114 valence electrons. The molecular weight excluding hydrogens is 252 g/mol. The van der Waals surface area contributed by atoms with Gasteiger partial charge in [-0.2, -0.15) is 0 Å². The van der Waals surface area contributed by atoms with Crippen molar-refractivity contribution in [3.8, 4) is 0 Å². The summed E-state index contributed by atoms with van der Waals surface area (Å²) in [6.07, 6.45) is 9.57. The van der Waals surface area contributed by atoms with Gasteiger partial charge in [-0.05, 0) is 51.1 Å². The van der Waals surface area contributed by atoms with Gasteiger partial charge in [0, 0.05) is 12.6 Å². The SMILES string of the molecule is O=C(CCOC1CCNCC1)N1CCC2CCCCC21. The molecule has 1 aliphatic carbocycles. The molecular formula is C16H28N2O2. The van der Waals surface area contributed by atoms with Gasteiger partial charge in [0.05, 0.1) is 19.1 Å². The number of rotatable bonds is 4. The first-order valence-electron chi connectivity index (χ1n) is 8.46. The molecule has 2 atom stereocenters. The third kappa shape index (κ3) is 3.34. The largest absolute Gasteiger partial charge is 0.378 e. The first-order valence-corrected chi connectivity index (χ1v) is 8.46. The van der Waals surface area contributed by atoms with E-state index in [1.54, 1.807) is 0 Å². The maximum Gasteiger partial charge on any atom is 0.225 e. The number of fused-ring (bicyclic) bond motifs is 1. The van der Waals surface area contributed by atoms with Crippen LogP contribution in [0.3, 0.4) is 0 Å². The molecule has 2 unspecified atom stereocenters. The molecule has 20 heavy (non-hydrogen) atoms. The second-order valence-electron chi connectivity index (χ2n) is 6.56. The van der Waals surface area contributed by atoms with Crippen LogP contribution in [0.5, 0.6) is 0 Å². The summed E-state index contributed by atoms with van der Waals surface area (Å²) in [5.41, 5.74) is 0. The molecule has 0 radical (unpaired) electrons. The molecule has 0 aromatic carbocycles. The molecule has 4 heteroatoms. The number of carbonyl (C=O) groups excluding carboxylic acids is 1. The van der Waals surface area contributed by atoms with Crippen LogP contribution in [0.15, 0.2) is 0 Å². The molecule has 1 amide bonds. The van der Waals surface area contributed by atoms with Gasteiger partial charge in [-0.3, -0.25) is 4.79 Å². The van der Waals surface area contributed by atoms with E-state index in [-0.39, 0.29) is 0 Å². The molecule has 1 saturated carbocycles. The number of nitrogens with one attached hydrogen (secondary N) is 1. The number of amides is 1. The van der Waals surface area contributed by atoms with Crippen LogP contribution in [0.25, 0.3) is 0 Å². The zero-order valence-electron chi connectivity index (χ0n) is 12.5. The quantitative estimate of drug-likeness (QED) is 0.855. The molecule has 3 rings (SSSR count). The van der Waals surface area contributed by atoms with E-state index in [1.807, 2.05) is 0 Å². The fourth-order valence-electron chi connectivity index (χ4n) is 4.13. The Hall–Kier alpha value is -0.610. The molecule has 4 nitrogen and oxygen atoms in total.